The number of rotatable bonds is 2. The summed E-state index contributed by atoms with van der Waals surface area (Å²) in [6.45, 7) is 11.2. The van der Waals surface area contributed by atoms with Crippen molar-refractivity contribution in [2.24, 2.45) is 5.41 Å². The van der Waals surface area contributed by atoms with Crippen molar-refractivity contribution in [2.75, 3.05) is 13.7 Å². The number of hydrogen-bond donors (Lipinski definition) is 1. The molecule has 0 spiro atoms. The Kier molecular flexibility index (Phi) is 6.38. The Morgan fingerprint density at radius 1 is 1.21 bits per heavy atom. The van der Waals surface area contributed by atoms with Crippen molar-refractivity contribution in [3.8, 4) is 0 Å². The maximum atomic E-state index is 5.18. The van der Waals surface area contributed by atoms with E-state index < -0.39 is 0 Å². The van der Waals surface area contributed by atoms with Crippen LogP contribution < -0.4 is 5.32 Å². The minimum absolute atomic E-state index is 0.550. The maximum Gasteiger partial charge on any atom is 0.0534 e. The highest BCUT2D eigenvalue weighted by Crippen LogP contribution is 2.54. The molecule has 86 valence electrons. The molecule has 0 aromatic heterocycles. The van der Waals surface area contributed by atoms with Crippen molar-refractivity contribution >= 4 is 0 Å². The summed E-state index contributed by atoms with van der Waals surface area (Å²) >= 11 is 0. The zero-order valence-electron chi connectivity index (χ0n) is 10.7. The predicted octanol–water partition coefficient (Wildman–Crippen LogP) is 2.83. The fourth-order valence-corrected chi connectivity index (χ4v) is 2.33. The van der Waals surface area contributed by atoms with Gasteiger partial charge in [-0.2, -0.15) is 0 Å². The SMILES string of the molecule is CC.CC.COCC12CC(C)NC1C2. The largest absolute Gasteiger partial charge is 0.384 e. The van der Waals surface area contributed by atoms with Gasteiger partial charge in [-0.3, -0.25) is 0 Å². The molecule has 2 aliphatic rings. The molecule has 0 bridgehead atoms. The van der Waals surface area contributed by atoms with Crippen molar-refractivity contribution in [1.82, 2.24) is 5.32 Å². The molecule has 1 heterocycles. The molecule has 0 aromatic carbocycles. The lowest BCUT2D eigenvalue weighted by Crippen LogP contribution is -2.21. The molecule has 14 heavy (non-hydrogen) atoms. The van der Waals surface area contributed by atoms with E-state index in [9.17, 15) is 0 Å². The van der Waals surface area contributed by atoms with Crippen LogP contribution in [0.5, 0.6) is 0 Å². The highest BCUT2D eigenvalue weighted by atomic mass is 16.5. The van der Waals surface area contributed by atoms with E-state index in [0.29, 0.717) is 11.5 Å². The maximum absolute atomic E-state index is 5.18. The van der Waals surface area contributed by atoms with Gasteiger partial charge in [-0.15, -0.1) is 0 Å². The summed E-state index contributed by atoms with van der Waals surface area (Å²) < 4.78 is 5.18. The highest BCUT2D eigenvalue weighted by Gasteiger charge is 2.59. The standard InChI is InChI=1S/C8H15NO.2C2H6/c1-6-3-8(5-10-2)4-7(8)9-6;2*1-2/h6-7,9H,3-5H2,1-2H3;2*1-2H3. The van der Waals surface area contributed by atoms with Gasteiger partial charge in [0.25, 0.3) is 0 Å². The molecule has 3 atom stereocenters. The molecular formula is C12H27NO. The van der Waals surface area contributed by atoms with E-state index in [-0.39, 0.29) is 0 Å². The Bertz CT molecular complexity index is 149. The average Bonchev–Trinajstić information content (AvgIpc) is 2.76. The van der Waals surface area contributed by atoms with Crippen LogP contribution in [0, 0.1) is 5.41 Å². The molecule has 0 aromatic rings. The predicted molar refractivity (Wildman–Crippen MR) is 62.6 cm³/mol. The van der Waals surface area contributed by atoms with Gasteiger partial charge in [-0.25, -0.2) is 0 Å². The van der Waals surface area contributed by atoms with E-state index in [2.05, 4.69) is 12.2 Å². The minimum atomic E-state index is 0.550. The summed E-state index contributed by atoms with van der Waals surface area (Å²) in [5, 5.41) is 3.54. The number of ether oxygens (including phenoxy) is 1. The van der Waals surface area contributed by atoms with E-state index in [1.165, 1.54) is 12.8 Å². The molecule has 1 aliphatic heterocycles. The number of fused-ring (bicyclic) bond motifs is 1. The first-order valence-electron chi connectivity index (χ1n) is 6.02. The molecule has 2 fully saturated rings. The quantitative estimate of drug-likeness (QED) is 0.742. The molecule has 2 heteroatoms. The normalized spacial score (nSPS) is 37.3. The molecular weight excluding hydrogens is 174 g/mol. The Hall–Kier alpha value is -0.0800. The van der Waals surface area contributed by atoms with Gasteiger partial charge < -0.3 is 10.1 Å². The van der Waals surface area contributed by atoms with Crippen LogP contribution >= 0.6 is 0 Å². The second-order valence-electron chi connectivity index (χ2n) is 3.82. The molecule has 2 nitrogen and oxygen atoms in total. The summed E-state index contributed by atoms with van der Waals surface area (Å²) in [6.07, 6.45) is 2.65. The lowest BCUT2D eigenvalue weighted by molar-refractivity contribution is 0.140. The van der Waals surface area contributed by atoms with E-state index in [1.54, 1.807) is 7.11 Å². The van der Waals surface area contributed by atoms with Gasteiger partial charge in [-0.05, 0) is 19.8 Å². The summed E-state index contributed by atoms with van der Waals surface area (Å²) in [5.41, 5.74) is 0.550. The van der Waals surface area contributed by atoms with Crippen LogP contribution in [0.3, 0.4) is 0 Å². The van der Waals surface area contributed by atoms with E-state index in [4.69, 9.17) is 4.74 Å². The topological polar surface area (TPSA) is 21.3 Å². The first kappa shape index (κ1) is 13.9. The van der Waals surface area contributed by atoms with Crippen molar-refractivity contribution < 1.29 is 4.74 Å². The molecule has 1 saturated heterocycles. The lowest BCUT2D eigenvalue weighted by Gasteiger charge is -2.10. The van der Waals surface area contributed by atoms with E-state index >= 15 is 0 Å². The molecule has 1 aliphatic carbocycles. The minimum Gasteiger partial charge on any atom is -0.384 e. The zero-order chi connectivity index (χ0) is 11.2. The first-order chi connectivity index (χ1) is 6.77. The van der Waals surface area contributed by atoms with Gasteiger partial charge in [-0.1, -0.05) is 27.7 Å². The number of hydrogen-bond acceptors (Lipinski definition) is 2. The van der Waals surface area contributed by atoms with Crippen molar-refractivity contribution in [3.63, 3.8) is 0 Å². The average molecular weight is 201 g/mol. The van der Waals surface area contributed by atoms with Crippen LogP contribution in [0.4, 0.5) is 0 Å². The third-order valence-electron chi connectivity index (χ3n) is 2.82. The molecule has 1 saturated carbocycles. The third kappa shape index (κ3) is 2.96. The Morgan fingerprint density at radius 2 is 1.79 bits per heavy atom. The van der Waals surface area contributed by atoms with Crippen LogP contribution in [0.2, 0.25) is 0 Å². The van der Waals surface area contributed by atoms with E-state index in [0.717, 1.165) is 12.6 Å². The zero-order valence-corrected chi connectivity index (χ0v) is 10.7. The lowest BCUT2D eigenvalue weighted by atomic mass is 10.0. The first-order valence-corrected chi connectivity index (χ1v) is 6.02. The van der Waals surface area contributed by atoms with Crippen LogP contribution in [-0.2, 0) is 4.74 Å². The number of methoxy groups -OCH3 is 1. The van der Waals surface area contributed by atoms with Gasteiger partial charge in [0.05, 0.1) is 6.61 Å². The molecule has 0 amide bonds. The van der Waals surface area contributed by atoms with Gasteiger partial charge >= 0.3 is 0 Å². The summed E-state index contributed by atoms with van der Waals surface area (Å²) in [5.74, 6) is 0. The molecule has 2 rings (SSSR count). The third-order valence-corrected chi connectivity index (χ3v) is 2.82. The van der Waals surface area contributed by atoms with Gasteiger partial charge in [0.2, 0.25) is 0 Å². The van der Waals surface area contributed by atoms with Gasteiger partial charge in [0, 0.05) is 24.6 Å². The van der Waals surface area contributed by atoms with Gasteiger partial charge in [0.1, 0.15) is 0 Å². The fourth-order valence-electron chi connectivity index (χ4n) is 2.33. The molecule has 3 unspecified atom stereocenters. The molecule has 1 N–H and O–H groups in total. The Morgan fingerprint density at radius 3 is 2.14 bits per heavy atom. The second-order valence-corrected chi connectivity index (χ2v) is 3.82. The van der Waals surface area contributed by atoms with Crippen molar-refractivity contribution in [1.29, 1.82) is 0 Å². The Balaban J connectivity index is 0.000000379. The monoisotopic (exact) mass is 201 g/mol. The smallest absolute Gasteiger partial charge is 0.0534 e. The van der Waals surface area contributed by atoms with Gasteiger partial charge in [0.15, 0.2) is 0 Å². The molecule has 0 radical (unpaired) electrons. The van der Waals surface area contributed by atoms with Crippen LogP contribution in [-0.4, -0.2) is 25.8 Å². The van der Waals surface area contributed by atoms with Crippen LogP contribution in [0.1, 0.15) is 47.5 Å². The van der Waals surface area contributed by atoms with Crippen LogP contribution in [0.15, 0.2) is 0 Å². The highest BCUT2D eigenvalue weighted by molar-refractivity contribution is 5.14. The number of nitrogens with one attached hydrogen (secondary N) is 1. The fraction of sp³-hybridized carbons (Fsp3) is 1.00. The Labute approximate surface area is 89.4 Å². The van der Waals surface area contributed by atoms with Crippen molar-refractivity contribution in [2.45, 2.75) is 59.5 Å². The van der Waals surface area contributed by atoms with Crippen molar-refractivity contribution in [3.05, 3.63) is 0 Å². The summed E-state index contributed by atoms with van der Waals surface area (Å²) in [7, 11) is 1.80. The summed E-state index contributed by atoms with van der Waals surface area (Å²) in [6, 6.07) is 1.50. The summed E-state index contributed by atoms with van der Waals surface area (Å²) in [4.78, 5) is 0. The van der Waals surface area contributed by atoms with Crippen LogP contribution in [0.25, 0.3) is 0 Å². The number of piperidine rings is 1. The second kappa shape index (κ2) is 6.41. The van der Waals surface area contributed by atoms with E-state index in [1.807, 2.05) is 27.7 Å².